The molecular weight excluding hydrogens is 350 g/mol. The number of aliphatic imine (C=N–C) groups is 1. The summed E-state index contributed by atoms with van der Waals surface area (Å²) in [7, 11) is -1.36. The number of rotatable bonds is 6. The molecule has 1 heterocycles. The van der Waals surface area contributed by atoms with Gasteiger partial charge in [0.15, 0.2) is 15.8 Å². The molecule has 1 N–H and O–H groups in total. The van der Waals surface area contributed by atoms with Gasteiger partial charge in [0, 0.05) is 33.3 Å². The molecular formula is C19H37N3O3S. The molecule has 0 spiro atoms. The highest BCUT2D eigenvalue weighted by Crippen LogP contribution is 2.26. The predicted molar refractivity (Wildman–Crippen MR) is 107 cm³/mol. The van der Waals surface area contributed by atoms with Crippen LogP contribution in [0.15, 0.2) is 4.99 Å². The van der Waals surface area contributed by atoms with Gasteiger partial charge in [-0.3, -0.25) is 4.99 Å². The average Bonchev–Trinajstić information content (AvgIpc) is 3.10. The first-order valence-corrected chi connectivity index (χ1v) is 11.7. The van der Waals surface area contributed by atoms with E-state index in [1.807, 2.05) is 0 Å². The van der Waals surface area contributed by atoms with Crippen molar-refractivity contribution in [3.63, 3.8) is 0 Å². The standard InChI is InChI=1S/C19H37N3O3S/c1-19(2,3)26(23,24)14-11-21-18(20-4)22-12-9-17(10-13-22)25-15-16-7-5-6-8-16/h16-17H,5-15H2,1-4H3,(H,20,21). The topological polar surface area (TPSA) is 71.0 Å². The highest BCUT2D eigenvalue weighted by atomic mass is 32.2. The SMILES string of the molecule is CN=C(NCCS(=O)(=O)C(C)(C)C)N1CCC(OCC2CCCC2)CC1. The van der Waals surface area contributed by atoms with Crippen LogP contribution in [0.3, 0.4) is 0 Å². The van der Waals surface area contributed by atoms with Gasteiger partial charge in [-0.05, 0) is 52.4 Å². The molecule has 0 aromatic heterocycles. The first-order chi connectivity index (χ1) is 12.2. The summed E-state index contributed by atoms with van der Waals surface area (Å²) in [4.78, 5) is 6.53. The van der Waals surface area contributed by atoms with Crippen LogP contribution in [-0.4, -0.2) is 69.2 Å². The number of nitrogens with one attached hydrogen (secondary N) is 1. The first-order valence-electron chi connectivity index (χ1n) is 10.0. The third kappa shape index (κ3) is 6.12. The fourth-order valence-electron chi connectivity index (χ4n) is 3.62. The van der Waals surface area contributed by atoms with Gasteiger partial charge in [0.25, 0.3) is 0 Å². The van der Waals surface area contributed by atoms with Crippen molar-refractivity contribution >= 4 is 15.8 Å². The van der Waals surface area contributed by atoms with Gasteiger partial charge < -0.3 is 15.0 Å². The van der Waals surface area contributed by atoms with Crippen molar-refractivity contribution < 1.29 is 13.2 Å². The number of likely N-dealkylation sites (tertiary alicyclic amines) is 1. The van der Waals surface area contributed by atoms with Gasteiger partial charge in [0.2, 0.25) is 0 Å². The molecule has 0 unspecified atom stereocenters. The molecule has 1 aliphatic carbocycles. The van der Waals surface area contributed by atoms with E-state index in [9.17, 15) is 8.42 Å². The summed E-state index contributed by atoms with van der Waals surface area (Å²) in [6.07, 6.45) is 7.74. The van der Waals surface area contributed by atoms with Crippen LogP contribution in [-0.2, 0) is 14.6 Å². The van der Waals surface area contributed by atoms with E-state index in [0.29, 0.717) is 12.6 Å². The fraction of sp³-hybridized carbons (Fsp3) is 0.947. The van der Waals surface area contributed by atoms with Crippen LogP contribution in [0.4, 0.5) is 0 Å². The Balaban J connectivity index is 1.71. The third-order valence-corrected chi connectivity index (χ3v) is 8.19. The zero-order valence-corrected chi connectivity index (χ0v) is 17.8. The summed E-state index contributed by atoms with van der Waals surface area (Å²) in [6.45, 7) is 8.35. The summed E-state index contributed by atoms with van der Waals surface area (Å²) in [5.74, 6) is 1.69. The molecule has 1 aliphatic heterocycles. The van der Waals surface area contributed by atoms with E-state index in [1.165, 1.54) is 25.7 Å². The maximum atomic E-state index is 12.2. The first kappa shape index (κ1) is 21.5. The van der Waals surface area contributed by atoms with Crippen molar-refractivity contribution in [2.24, 2.45) is 10.9 Å². The molecule has 1 saturated heterocycles. The van der Waals surface area contributed by atoms with Gasteiger partial charge in [0.1, 0.15) is 0 Å². The summed E-state index contributed by atoms with van der Waals surface area (Å²) < 4.78 is 29.8. The van der Waals surface area contributed by atoms with E-state index in [4.69, 9.17) is 4.74 Å². The number of guanidine groups is 1. The molecule has 0 radical (unpaired) electrons. The monoisotopic (exact) mass is 387 g/mol. The Hall–Kier alpha value is -0.820. The van der Waals surface area contributed by atoms with Gasteiger partial charge in [-0.1, -0.05) is 12.8 Å². The number of nitrogens with zero attached hydrogens (tertiary/aromatic N) is 2. The highest BCUT2D eigenvalue weighted by Gasteiger charge is 2.29. The maximum absolute atomic E-state index is 12.2. The quantitative estimate of drug-likeness (QED) is 0.560. The van der Waals surface area contributed by atoms with E-state index >= 15 is 0 Å². The van der Waals surface area contributed by atoms with Gasteiger partial charge in [-0.25, -0.2) is 8.42 Å². The van der Waals surface area contributed by atoms with E-state index in [1.54, 1.807) is 27.8 Å². The Morgan fingerprint density at radius 2 is 1.77 bits per heavy atom. The van der Waals surface area contributed by atoms with Crippen LogP contribution in [0, 0.1) is 5.92 Å². The van der Waals surface area contributed by atoms with Crippen LogP contribution in [0.2, 0.25) is 0 Å². The molecule has 0 bridgehead atoms. The summed E-state index contributed by atoms with van der Waals surface area (Å²) in [6, 6.07) is 0. The lowest BCUT2D eigenvalue weighted by atomic mass is 10.1. The van der Waals surface area contributed by atoms with Gasteiger partial charge in [-0.2, -0.15) is 0 Å². The fourth-order valence-corrected chi connectivity index (χ4v) is 4.60. The molecule has 2 rings (SSSR count). The number of hydrogen-bond donors (Lipinski definition) is 1. The van der Waals surface area contributed by atoms with Crippen molar-refractivity contribution in [3.05, 3.63) is 0 Å². The second kappa shape index (κ2) is 9.40. The minimum absolute atomic E-state index is 0.122. The Kier molecular flexibility index (Phi) is 7.76. The van der Waals surface area contributed by atoms with Gasteiger partial charge >= 0.3 is 0 Å². The van der Waals surface area contributed by atoms with E-state index in [-0.39, 0.29) is 5.75 Å². The molecule has 0 atom stereocenters. The summed E-state index contributed by atoms with van der Waals surface area (Å²) in [5, 5.41) is 3.21. The molecule has 2 aliphatic rings. The highest BCUT2D eigenvalue weighted by molar-refractivity contribution is 7.92. The van der Waals surface area contributed by atoms with Crippen molar-refractivity contribution in [3.8, 4) is 0 Å². The van der Waals surface area contributed by atoms with E-state index in [2.05, 4.69) is 15.2 Å². The smallest absolute Gasteiger partial charge is 0.193 e. The minimum atomic E-state index is -3.11. The zero-order chi connectivity index (χ0) is 19.2. The minimum Gasteiger partial charge on any atom is -0.378 e. The molecule has 0 amide bonds. The van der Waals surface area contributed by atoms with E-state index < -0.39 is 14.6 Å². The lowest BCUT2D eigenvalue weighted by Crippen LogP contribution is -2.48. The molecule has 0 aromatic carbocycles. The normalized spacial score (nSPS) is 21.4. The van der Waals surface area contributed by atoms with Crippen molar-refractivity contribution in [2.45, 2.75) is 70.1 Å². The van der Waals surface area contributed by atoms with Crippen LogP contribution in [0.5, 0.6) is 0 Å². The van der Waals surface area contributed by atoms with Crippen molar-refractivity contribution in [2.75, 3.05) is 39.0 Å². The molecule has 152 valence electrons. The van der Waals surface area contributed by atoms with Crippen LogP contribution >= 0.6 is 0 Å². The Morgan fingerprint density at radius 3 is 2.31 bits per heavy atom. The van der Waals surface area contributed by atoms with Crippen LogP contribution < -0.4 is 5.32 Å². The lowest BCUT2D eigenvalue weighted by Gasteiger charge is -2.34. The van der Waals surface area contributed by atoms with Crippen molar-refractivity contribution in [1.29, 1.82) is 0 Å². The third-order valence-electron chi connectivity index (χ3n) is 5.58. The number of piperidine rings is 1. The second-order valence-corrected chi connectivity index (χ2v) is 11.4. The molecule has 26 heavy (non-hydrogen) atoms. The van der Waals surface area contributed by atoms with Gasteiger partial charge in [0.05, 0.1) is 16.6 Å². The molecule has 7 heteroatoms. The number of ether oxygens (including phenoxy) is 1. The second-order valence-electron chi connectivity index (χ2n) is 8.58. The summed E-state index contributed by atoms with van der Waals surface area (Å²) in [5.41, 5.74) is 0. The largest absolute Gasteiger partial charge is 0.378 e. The van der Waals surface area contributed by atoms with Crippen LogP contribution in [0.1, 0.15) is 59.3 Å². The summed E-state index contributed by atoms with van der Waals surface area (Å²) >= 11 is 0. The Morgan fingerprint density at radius 1 is 1.15 bits per heavy atom. The molecule has 6 nitrogen and oxygen atoms in total. The zero-order valence-electron chi connectivity index (χ0n) is 17.0. The Bertz CT molecular complexity index is 555. The molecule has 1 saturated carbocycles. The number of hydrogen-bond acceptors (Lipinski definition) is 4. The van der Waals surface area contributed by atoms with Crippen molar-refractivity contribution in [1.82, 2.24) is 10.2 Å². The maximum Gasteiger partial charge on any atom is 0.193 e. The lowest BCUT2D eigenvalue weighted by molar-refractivity contribution is 0.00104. The van der Waals surface area contributed by atoms with E-state index in [0.717, 1.165) is 44.4 Å². The average molecular weight is 388 g/mol. The number of sulfone groups is 1. The predicted octanol–water partition coefficient (Wildman–Crippen LogP) is 2.45. The molecule has 2 fully saturated rings. The Labute approximate surface area is 159 Å². The molecule has 0 aromatic rings. The van der Waals surface area contributed by atoms with Crippen LogP contribution in [0.25, 0.3) is 0 Å². The van der Waals surface area contributed by atoms with Gasteiger partial charge in [-0.15, -0.1) is 0 Å².